The fourth-order valence-electron chi connectivity index (χ4n) is 4.92. The Hall–Kier alpha value is -4.50. The minimum atomic E-state index is -4.25. The number of unbranched alkanes of at least 4 members (excludes halogenated alkanes) is 1. The average molecular weight is 630 g/mol. The maximum atomic E-state index is 14.4. The first kappa shape index (κ1) is 33.4. The Bertz CT molecular complexity index is 1660. The number of hydrogen-bond donors (Lipinski definition) is 1. The van der Waals surface area contributed by atoms with Gasteiger partial charge >= 0.3 is 0 Å². The molecule has 4 rings (SSSR count). The third kappa shape index (κ3) is 9.01. The third-order valence-corrected chi connectivity index (χ3v) is 9.36. The molecule has 0 saturated carbocycles. The van der Waals surface area contributed by atoms with Crippen molar-refractivity contribution in [2.75, 3.05) is 17.4 Å². The van der Waals surface area contributed by atoms with Gasteiger partial charge in [0, 0.05) is 19.5 Å². The van der Waals surface area contributed by atoms with Crippen molar-refractivity contribution in [1.29, 1.82) is 0 Å². The zero-order chi connectivity index (χ0) is 32.4. The molecule has 4 aromatic rings. The van der Waals surface area contributed by atoms with E-state index in [2.05, 4.69) is 5.32 Å². The molecule has 0 bridgehead atoms. The lowest BCUT2D eigenvalue weighted by atomic mass is 10.0. The molecule has 1 N–H and O–H groups in total. The van der Waals surface area contributed by atoms with Crippen molar-refractivity contribution in [1.82, 2.24) is 10.2 Å². The number of carbonyl (C=O) groups excluding carboxylic acids is 2. The number of aryl methyl sites for hydroxylation is 2. The van der Waals surface area contributed by atoms with Crippen LogP contribution in [0.5, 0.6) is 0 Å². The number of halogens is 1. The topological polar surface area (TPSA) is 86.8 Å². The molecular weight excluding hydrogens is 589 g/mol. The predicted molar refractivity (Wildman–Crippen MR) is 176 cm³/mol. The summed E-state index contributed by atoms with van der Waals surface area (Å²) in [7, 11) is -4.25. The van der Waals surface area contributed by atoms with Crippen molar-refractivity contribution in [3.63, 3.8) is 0 Å². The van der Waals surface area contributed by atoms with Crippen LogP contribution in [-0.4, -0.2) is 44.3 Å². The minimum absolute atomic E-state index is 0.00606. The van der Waals surface area contributed by atoms with Gasteiger partial charge < -0.3 is 10.2 Å². The van der Waals surface area contributed by atoms with Crippen LogP contribution in [0, 0.1) is 19.7 Å². The number of anilines is 1. The Balaban J connectivity index is 1.78. The molecule has 0 spiro atoms. The molecule has 0 aliphatic heterocycles. The Morgan fingerprint density at radius 3 is 2.00 bits per heavy atom. The van der Waals surface area contributed by atoms with Crippen LogP contribution in [0.25, 0.3) is 0 Å². The molecule has 2 amide bonds. The second-order valence-corrected chi connectivity index (χ2v) is 13.0. The van der Waals surface area contributed by atoms with E-state index in [0.717, 1.165) is 51.5 Å². The zero-order valence-corrected chi connectivity index (χ0v) is 26.8. The van der Waals surface area contributed by atoms with Crippen LogP contribution in [0.3, 0.4) is 0 Å². The molecule has 45 heavy (non-hydrogen) atoms. The van der Waals surface area contributed by atoms with E-state index in [4.69, 9.17) is 0 Å². The molecule has 0 unspecified atom stereocenters. The smallest absolute Gasteiger partial charge is 0.264 e. The lowest BCUT2D eigenvalue weighted by Gasteiger charge is -2.34. The first-order chi connectivity index (χ1) is 21.6. The number of nitrogens with one attached hydrogen (secondary N) is 1. The summed E-state index contributed by atoms with van der Waals surface area (Å²) < 4.78 is 43.0. The van der Waals surface area contributed by atoms with Gasteiger partial charge in [-0.1, -0.05) is 91.2 Å². The Morgan fingerprint density at radius 1 is 0.800 bits per heavy atom. The van der Waals surface area contributed by atoms with Crippen molar-refractivity contribution in [3.05, 3.63) is 131 Å². The van der Waals surface area contributed by atoms with Crippen LogP contribution in [0.15, 0.2) is 108 Å². The van der Waals surface area contributed by atoms with Gasteiger partial charge in [-0.05, 0) is 67.8 Å². The molecule has 0 aromatic heterocycles. The first-order valence-corrected chi connectivity index (χ1v) is 16.5. The number of rotatable bonds is 14. The van der Waals surface area contributed by atoms with Gasteiger partial charge in [0.25, 0.3) is 10.0 Å². The minimum Gasteiger partial charge on any atom is -0.354 e. The van der Waals surface area contributed by atoms with Gasteiger partial charge in [0.05, 0.1) is 10.6 Å². The number of benzene rings is 4. The molecule has 0 fully saturated rings. The van der Waals surface area contributed by atoms with E-state index < -0.39 is 34.3 Å². The van der Waals surface area contributed by atoms with Crippen molar-refractivity contribution in [2.45, 2.75) is 57.5 Å². The number of sulfonamides is 1. The van der Waals surface area contributed by atoms with Crippen LogP contribution in [-0.2, 0) is 32.6 Å². The second kappa shape index (κ2) is 15.5. The highest BCUT2D eigenvalue weighted by Crippen LogP contribution is 2.26. The SMILES string of the molecule is CCCCNC(=O)[C@@H](Cc1ccccc1)N(Cc1ccc(C)cc1)C(=O)CN(c1ccc(F)cc1)S(=O)(=O)c1ccc(C)cc1. The summed E-state index contributed by atoms with van der Waals surface area (Å²) in [5.41, 5.74) is 3.70. The highest BCUT2D eigenvalue weighted by Gasteiger charge is 2.34. The molecule has 0 aliphatic rings. The van der Waals surface area contributed by atoms with Crippen LogP contribution in [0.2, 0.25) is 0 Å². The van der Waals surface area contributed by atoms with Crippen molar-refractivity contribution in [3.8, 4) is 0 Å². The summed E-state index contributed by atoms with van der Waals surface area (Å²) in [6.45, 7) is 5.78. The quantitative estimate of drug-likeness (QED) is 0.169. The van der Waals surface area contributed by atoms with Crippen LogP contribution in [0.4, 0.5) is 10.1 Å². The molecule has 7 nitrogen and oxygen atoms in total. The van der Waals surface area contributed by atoms with Gasteiger partial charge in [0.15, 0.2) is 0 Å². The third-order valence-electron chi connectivity index (χ3n) is 7.58. The molecule has 0 saturated heterocycles. The van der Waals surface area contributed by atoms with Gasteiger partial charge in [-0.15, -0.1) is 0 Å². The van der Waals surface area contributed by atoms with E-state index in [-0.39, 0.29) is 29.5 Å². The largest absolute Gasteiger partial charge is 0.354 e. The Morgan fingerprint density at radius 2 is 1.40 bits per heavy atom. The van der Waals surface area contributed by atoms with Crippen LogP contribution >= 0.6 is 0 Å². The summed E-state index contributed by atoms with van der Waals surface area (Å²) in [5.74, 6) is -1.42. The van der Waals surface area contributed by atoms with E-state index in [0.29, 0.717) is 6.54 Å². The van der Waals surface area contributed by atoms with Gasteiger partial charge in [-0.2, -0.15) is 0 Å². The van der Waals surface area contributed by atoms with Crippen LogP contribution in [0.1, 0.15) is 42.0 Å². The van der Waals surface area contributed by atoms with Gasteiger partial charge in [0.1, 0.15) is 18.4 Å². The predicted octanol–water partition coefficient (Wildman–Crippen LogP) is 6.19. The highest BCUT2D eigenvalue weighted by atomic mass is 32.2. The molecule has 236 valence electrons. The van der Waals surface area contributed by atoms with Crippen molar-refractivity contribution >= 4 is 27.5 Å². The lowest BCUT2D eigenvalue weighted by Crippen LogP contribution is -2.53. The zero-order valence-electron chi connectivity index (χ0n) is 25.9. The Labute approximate surface area is 265 Å². The van der Waals surface area contributed by atoms with E-state index in [1.807, 2.05) is 75.4 Å². The van der Waals surface area contributed by atoms with E-state index >= 15 is 0 Å². The van der Waals surface area contributed by atoms with E-state index in [1.54, 1.807) is 12.1 Å². The van der Waals surface area contributed by atoms with E-state index in [9.17, 15) is 22.4 Å². The van der Waals surface area contributed by atoms with Crippen LogP contribution < -0.4 is 9.62 Å². The standard InChI is InChI=1S/C36H40FN3O4S/c1-4-5-23-38-36(42)34(24-29-9-7-6-8-10-29)39(25-30-15-11-27(2)12-16-30)35(41)26-40(32-19-17-31(37)18-20-32)45(43,44)33-21-13-28(3)14-22-33/h6-22,34H,4-5,23-26H2,1-3H3,(H,38,42)/t34-/m1/s1. The van der Waals surface area contributed by atoms with E-state index in [1.165, 1.54) is 29.2 Å². The summed E-state index contributed by atoms with van der Waals surface area (Å²) in [4.78, 5) is 29.7. The maximum Gasteiger partial charge on any atom is 0.264 e. The fraction of sp³-hybridized carbons (Fsp3) is 0.278. The molecule has 9 heteroatoms. The molecule has 0 heterocycles. The van der Waals surface area contributed by atoms with Gasteiger partial charge in [0.2, 0.25) is 11.8 Å². The molecule has 4 aromatic carbocycles. The molecule has 0 aliphatic carbocycles. The highest BCUT2D eigenvalue weighted by molar-refractivity contribution is 7.92. The lowest BCUT2D eigenvalue weighted by molar-refractivity contribution is -0.140. The van der Waals surface area contributed by atoms with Gasteiger partial charge in [-0.25, -0.2) is 12.8 Å². The summed E-state index contributed by atoms with van der Waals surface area (Å²) in [5, 5.41) is 2.98. The number of hydrogen-bond acceptors (Lipinski definition) is 4. The summed E-state index contributed by atoms with van der Waals surface area (Å²) >= 11 is 0. The maximum absolute atomic E-state index is 14.4. The number of carbonyl (C=O) groups is 2. The second-order valence-electron chi connectivity index (χ2n) is 11.2. The normalized spacial score (nSPS) is 11.9. The number of amides is 2. The van der Waals surface area contributed by atoms with Crippen molar-refractivity contribution in [2.24, 2.45) is 0 Å². The number of nitrogens with zero attached hydrogens (tertiary/aromatic N) is 2. The average Bonchev–Trinajstić information content (AvgIpc) is 3.03. The fourth-order valence-corrected chi connectivity index (χ4v) is 6.34. The molecule has 0 radical (unpaired) electrons. The van der Waals surface area contributed by atoms with Crippen molar-refractivity contribution < 1.29 is 22.4 Å². The van der Waals surface area contributed by atoms with Gasteiger partial charge in [-0.3, -0.25) is 13.9 Å². The first-order valence-electron chi connectivity index (χ1n) is 15.1. The monoisotopic (exact) mass is 629 g/mol. The summed E-state index contributed by atoms with van der Waals surface area (Å²) in [6, 6.07) is 27.4. The molecular formula is C36H40FN3O4S. The Kier molecular flexibility index (Phi) is 11.5. The molecule has 1 atom stereocenters. The summed E-state index contributed by atoms with van der Waals surface area (Å²) in [6.07, 6.45) is 1.90.